The summed E-state index contributed by atoms with van der Waals surface area (Å²) in [7, 11) is 3.31. The van der Waals surface area contributed by atoms with Crippen molar-refractivity contribution in [2.75, 3.05) is 27.4 Å². The van der Waals surface area contributed by atoms with Crippen molar-refractivity contribution in [3.63, 3.8) is 0 Å². The molecule has 2 heterocycles. The third-order valence-electron chi connectivity index (χ3n) is 5.30. The fourth-order valence-corrected chi connectivity index (χ4v) is 3.52. The third-order valence-corrected chi connectivity index (χ3v) is 5.30. The molecule has 2 atom stereocenters. The molecule has 0 spiro atoms. The number of benzene rings is 1. The van der Waals surface area contributed by atoms with Crippen LogP contribution in [0.5, 0.6) is 11.5 Å². The number of likely N-dealkylation sites (N-methyl/N-ethyl adjacent to an activating group) is 1. The first-order valence-electron chi connectivity index (χ1n) is 9.36. The van der Waals surface area contributed by atoms with Gasteiger partial charge in [-0.3, -0.25) is 4.79 Å². The molecule has 7 nitrogen and oxygen atoms in total. The van der Waals surface area contributed by atoms with Crippen LogP contribution in [0.4, 0.5) is 0 Å². The summed E-state index contributed by atoms with van der Waals surface area (Å²) in [6.45, 7) is 7.20. The van der Waals surface area contributed by atoms with Crippen LogP contribution in [-0.4, -0.2) is 50.1 Å². The number of carbonyl (C=O) groups is 2. The molecule has 0 radical (unpaired) electrons. The summed E-state index contributed by atoms with van der Waals surface area (Å²) in [6.07, 6.45) is 0. The SMILES string of the molecule is COC(=O)c1c(C)[nH]c(C(=O)[C@@H](C)[NH+](C)Cc2ccc3c(c2)OCCO3)c1C. The van der Waals surface area contributed by atoms with E-state index in [4.69, 9.17) is 14.2 Å². The van der Waals surface area contributed by atoms with E-state index in [1.807, 2.05) is 32.2 Å². The van der Waals surface area contributed by atoms with Crippen LogP contribution in [0.2, 0.25) is 0 Å². The molecule has 1 unspecified atom stereocenters. The zero-order chi connectivity index (χ0) is 20.4. The van der Waals surface area contributed by atoms with Crippen LogP contribution in [0.3, 0.4) is 0 Å². The van der Waals surface area contributed by atoms with Crippen LogP contribution in [-0.2, 0) is 11.3 Å². The average molecular weight is 387 g/mol. The third kappa shape index (κ3) is 3.75. The van der Waals surface area contributed by atoms with E-state index >= 15 is 0 Å². The molecule has 7 heteroatoms. The fourth-order valence-electron chi connectivity index (χ4n) is 3.52. The summed E-state index contributed by atoms with van der Waals surface area (Å²) in [6, 6.07) is 5.57. The van der Waals surface area contributed by atoms with Gasteiger partial charge in [-0.05, 0) is 44.5 Å². The van der Waals surface area contributed by atoms with Crippen molar-refractivity contribution >= 4 is 11.8 Å². The smallest absolute Gasteiger partial charge is 0.339 e. The number of H-pyrrole nitrogens is 1. The van der Waals surface area contributed by atoms with Crippen LogP contribution in [0.1, 0.15) is 44.6 Å². The number of carbonyl (C=O) groups excluding carboxylic acids is 2. The van der Waals surface area contributed by atoms with Crippen molar-refractivity contribution in [3.05, 3.63) is 46.3 Å². The first-order valence-corrected chi connectivity index (χ1v) is 9.36. The number of Topliss-reactive ketones (excluding diaryl/α,β-unsaturated/α-hetero) is 1. The van der Waals surface area contributed by atoms with Gasteiger partial charge in [0.1, 0.15) is 19.8 Å². The van der Waals surface area contributed by atoms with Crippen LogP contribution >= 0.6 is 0 Å². The Morgan fingerprint density at radius 1 is 1.21 bits per heavy atom. The lowest BCUT2D eigenvalue weighted by molar-refractivity contribution is -0.907. The van der Waals surface area contributed by atoms with E-state index in [0.717, 1.165) is 22.0 Å². The van der Waals surface area contributed by atoms with E-state index in [2.05, 4.69) is 4.98 Å². The number of aromatic amines is 1. The Morgan fingerprint density at radius 2 is 1.89 bits per heavy atom. The van der Waals surface area contributed by atoms with Gasteiger partial charge in [0.05, 0.1) is 25.4 Å². The van der Waals surface area contributed by atoms with Crippen molar-refractivity contribution < 1.29 is 28.7 Å². The van der Waals surface area contributed by atoms with E-state index in [0.29, 0.717) is 42.3 Å². The Kier molecular flexibility index (Phi) is 5.74. The highest BCUT2D eigenvalue weighted by atomic mass is 16.6. The molecule has 1 aromatic carbocycles. The molecule has 0 saturated carbocycles. The van der Waals surface area contributed by atoms with Crippen molar-refractivity contribution in [1.29, 1.82) is 0 Å². The maximum atomic E-state index is 13.1. The number of fused-ring (bicyclic) bond motifs is 1. The summed E-state index contributed by atoms with van der Waals surface area (Å²) >= 11 is 0. The molecule has 3 rings (SSSR count). The van der Waals surface area contributed by atoms with Crippen molar-refractivity contribution in [2.45, 2.75) is 33.4 Å². The molecule has 2 N–H and O–H groups in total. The molecule has 1 aliphatic rings. The Morgan fingerprint density at radius 3 is 2.57 bits per heavy atom. The number of ketones is 1. The highest BCUT2D eigenvalue weighted by molar-refractivity contribution is 6.03. The van der Waals surface area contributed by atoms with Gasteiger partial charge in [0.2, 0.25) is 5.78 Å². The number of ether oxygens (including phenoxy) is 3. The number of hydrogen-bond acceptors (Lipinski definition) is 5. The van der Waals surface area contributed by atoms with Gasteiger partial charge < -0.3 is 24.1 Å². The number of hydrogen-bond donors (Lipinski definition) is 2. The molecule has 0 amide bonds. The maximum Gasteiger partial charge on any atom is 0.339 e. The highest BCUT2D eigenvalue weighted by Crippen LogP contribution is 2.30. The molecule has 0 bridgehead atoms. The Bertz CT molecular complexity index is 902. The fraction of sp³-hybridized carbons (Fsp3) is 0.429. The van der Waals surface area contributed by atoms with Crippen molar-refractivity contribution in [2.24, 2.45) is 0 Å². The normalized spacial score (nSPS) is 15.0. The second-order valence-corrected chi connectivity index (χ2v) is 7.20. The summed E-state index contributed by atoms with van der Waals surface area (Å²) in [4.78, 5) is 29.1. The average Bonchev–Trinajstić information content (AvgIpc) is 3.00. The van der Waals surface area contributed by atoms with E-state index in [-0.39, 0.29) is 11.8 Å². The standard InChI is InChI=1S/C21H26N2O5/c1-12-18(21(25)26-5)13(2)22-19(12)20(24)14(3)23(4)11-15-6-7-16-17(10-15)28-9-8-27-16/h6-7,10,14,22H,8-9,11H2,1-5H3/p+1/t14-/m1/s1. The topological polar surface area (TPSA) is 82.1 Å². The second-order valence-electron chi connectivity index (χ2n) is 7.20. The van der Waals surface area contributed by atoms with Crippen LogP contribution in [0.25, 0.3) is 0 Å². The molecule has 0 fully saturated rings. The Balaban J connectivity index is 1.75. The van der Waals surface area contributed by atoms with Crippen molar-refractivity contribution in [1.82, 2.24) is 4.98 Å². The molecule has 0 saturated heterocycles. The quantitative estimate of drug-likeness (QED) is 0.580. The molecular weight excluding hydrogens is 360 g/mol. The van der Waals surface area contributed by atoms with Gasteiger partial charge in [-0.1, -0.05) is 0 Å². The van der Waals surface area contributed by atoms with Gasteiger partial charge in [-0.15, -0.1) is 0 Å². The largest absolute Gasteiger partial charge is 0.486 e. The maximum absolute atomic E-state index is 13.1. The lowest BCUT2D eigenvalue weighted by atomic mass is 10.0. The van der Waals surface area contributed by atoms with E-state index in [9.17, 15) is 9.59 Å². The monoisotopic (exact) mass is 387 g/mol. The van der Waals surface area contributed by atoms with Gasteiger partial charge in [-0.25, -0.2) is 4.79 Å². The number of nitrogens with one attached hydrogen (secondary N) is 2. The molecule has 28 heavy (non-hydrogen) atoms. The molecule has 0 aliphatic carbocycles. The van der Waals surface area contributed by atoms with Crippen molar-refractivity contribution in [3.8, 4) is 11.5 Å². The van der Waals surface area contributed by atoms with Gasteiger partial charge >= 0.3 is 5.97 Å². The van der Waals surface area contributed by atoms with Gasteiger partial charge in [0.15, 0.2) is 17.5 Å². The van der Waals surface area contributed by atoms with Gasteiger partial charge in [-0.2, -0.15) is 0 Å². The lowest BCUT2D eigenvalue weighted by Gasteiger charge is -2.22. The zero-order valence-electron chi connectivity index (χ0n) is 17.0. The second kappa shape index (κ2) is 8.06. The predicted molar refractivity (Wildman–Crippen MR) is 103 cm³/mol. The lowest BCUT2D eigenvalue weighted by Crippen LogP contribution is -3.12. The number of aromatic nitrogens is 1. The van der Waals surface area contributed by atoms with E-state index < -0.39 is 5.97 Å². The Labute approximate surface area is 164 Å². The highest BCUT2D eigenvalue weighted by Gasteiger charge is 2.29. The number of esters is 1. The summed E-state index contributed by atoms with van der Waals surface area (Å²) in [5.41, 5.74) is 3.24. The first kappa shape index (κ1) is 19.9. The zero-order valence-corrected chi connectivity index (χ0v) is 17.0. The van der Waals surface area contributed by atoms with Crippen LogP contribution in [0.15, 0.2) is 18.2 Å². The van der Waals surface area contributed by atoms with E-state index in [1.165, 1.54) is 7.11 Å². The number of methoxy groups -OCH3 is 1. The minimum absolute atomic E-state index is 0.0363. The van der Waals surface area contributed by atoms with E-state index in [1.54, 1.807) is 13.8 Å². The Hall–Kier alpha value is -2.80. The summed E-state index contributed by atoms with van der Waals surface area (Å²) in [5.74, 6) is 1.03. The first-order chi connectivity index (χ1) is 13.3. The number of quaternary nitrogens is 1. The minimum Gasteiger partial charge on any atom is -0.486 e. The van der Waals surface area contributed by atoms with Crippen LogP contribution in [0, 0.1) is 13.8 Å². The predicted octanol–water partition coefficient (Wildman–Crippen LogP) is 1.48. The molecule has 2 aromatic rings. The summed E-state index contributed by atoms with van der Waals surface area (Å²) in [5, 5.41) is 0. The summed E-state index contributed by atoms with van der Waals surface area (Å²) < 4.78 is 16.0. The van der Waals surface area contributed by atoms with Gasteiger partial charge in [0, 0.05) is 11.3 Å². The minimum atomic E-state index is -0.435. The molecule has 1 aromatic heterocycles. The van der Waals surface area contributed by atoms with Gasteiger partial charge in [0.25, 0.3) is 0 Å². The molecular formula is C21H27N2O5+. The number of aryl methyl sites for hydroxylation is 1. The molecule has 150 valence electrons. The number of rotatable bonds is 6. The van der Waals surface area contributed by atoms with Crippen LogP contribution < -0.4 is 14.4 Å². The molecule has 1 aliphatic heterocycles.